The van der Waals surface area contributed by atoms with Crippen LogP contribution in [-0.4, -0.2) is 34.5 Å². The third-order valence-electron chi connectivity index (χ3n) is 2.76. The molecule has 1 unspecified atom stereocenters. The Morgan fingerprint density at radius 2 is 2.11 bits per heavy atom. The molecule has 0 saturated carbocycles. The van der Waals surface area contributed by atoms with E-state index >= 15 is 0 Å². The predicted octanol–water partition coefficient (Wildman–Crippen LogP) is 2.54. The molecule has 0 aliphatic heterocycles. The average molecular weight is 268 g/mol. The lowest BCUT2D eigenvalue weighted by molar-refractivity contribution is 0.192. The quantitative estimate of drug-likeness (QED) is 0.746. The number of aromatic nitrogens is 1. The summed E-state index contributed by atoms with van der Waals surface area (Å²) in [7, 11) is 0. The average Bonchev–Trinajstić information content (AvgIpc) is 2.33. The lowest BCUT2D eigenvalue weighted by Crippen LogP contribution is -2.48. The molecular weight excluding hydrogens is 244 g/mol. The molecule has 1 atom stereocenters. The fourth-order valence-electron chi connectivity index (χ4n) is 1.69. The molecule has 1 aromatic heterocycles. The molecule has 0 aromatic carbocycles. The predicted molar refractivity (Wildman–Crippen MR) is 78.2 cm³/mol. The Hall–Kier alpha value is -0.580. The summed E-state index contributed by atoms with van der Waals surface area (Å²) in [6.45, 7) is 9.35. The Bertz CT molecular complexity index is 364. The van der Waals surface area contributed by atoms with Crippen LogP contribution in [0.5, 0.6) is 0 Å². The fourth-order valence-corrected chi connectivity index (χ4v) is 2.83. The zero-order valence-corrected chi connectivity index (χ0v) is 12.6. The fraction of sp³-hybridized carbons (Fsp3) is 0.643. The van der Waals surface area contributed by atoms with Crippen molar-refractivity contribution >= 4 is 11.8 Å². The first-order valence-corrected chi connectivity index (χ1v) is 7.41. The Labute approximate surface area is 114 Å². The second-order valence-electron chi connectivity index (χ2n) is 5.06. The second kappa shape index (κ2) is 7.12. The number of hydrogen-bond acceptors (Lipinski definition) is 4. The number of aryl methyl sites for hydroxylation is 2. The van der Waals surface area contributed by atoms with Crippen molar-refractivity contribution in [2.75, 3.05) is 18.9 Å². The van der Waals surface area contributed by atoms with E-state index in [0.29, 0.717) is 0 Å². The number of nitrogens with zero attached hydrogens (tertiary/aromatic N) is 1. The van der Waals surface area contributed by atoms with Gasteiger partial charge >= 0.3 is 0 Å². The van der Waals surface area contributed by atoms with E-state index in [-0.39, 0.29) is 12.1 Å². The van der Waals surface area contributed by atoms with Crippen molar-refractivity contribution in [1.29, 1.82) is 0 Å². The molecule has 0 bridgehead atoms. The topological polar surface area (TPSA) is 45.1 Å². The summed E-state index contributed by atoms with van der Waals surface area (Å²) in [6, 6.07) is 4.17. The number of hydrogen-bond donors (Lipinski definition) is 2. The van der Waals surface area contributed by atoms with Crippen LogP contribution in [0, 0.1) is 13.8 Å². The molecule has 3 nitrogen and oxygen atoms in total. The van der Waals surface area contributed by atoms with E-state index in [0.717, 1.165) is 29.4 Å². The van der Waals surface area contributed by atoms with E-state index in [2.05, 4.69) is 43.2 Å². The number of thioether (sulfide) groups is 1. The first-order chi connectivity index (χ1) is 8.49. The van der Waals surface area contributed by atoms with Crippen molar-refractivity contribution in [2.45, 2.75) is 44.7 Å². The van der Waals surface area contributed by atoms with Gasteiger partial charge in [0, 0.05) is 17.0 Å². The van der Waals surface area contributed by atoms with Gasteiger partial charge in [-0.1, -0.05) is 6.92 Å². The lowest BCUT2D eigenvalue weighted by atomic mass is 10.1. The van der Waals surface area contributed by atoms with Gasteiger partial charge in [0.2, 0.25) is 0 Å². The molecule has 0 radical (unpaired) electrons. The maximum Gasteiger partial charge on any atom is 0.0966 e. The van der Waals surface area contributed by atoms with Gasteiger partial charge in [-0.25, -0.2) is 4.98 Å². The van der Waals surface area contributed by atoms with Crippen LogP contribution in [0.2, 0.25) is 0 Å². The zero-order valence-electron chi connectivity index (χ0n) is 11.8. The minimum absolute atomic E-state index is 0.144. The van der Waals surface area contributed by atoms with Gasteiger partial charge in [0.05, 0.1) is 11.6 Å². The molecule has 102 valence electrons. The Morgan fingerprint density at radius 3 is 2.67 bits per heavy atom. The van der Waals surface area contributed by atoms with Crippen molar-refractivity contribution < 1.29 is 5.11 Å². The second-order valence-corrected chi connectivity index (χ2v) is 6.05. The SMILES string of the molecule is CCCNC(C)(CO)CSc1cc(C)cc(C)n1. The molecule has 0 aliphatic carbocycles. The van der Waals surface area contributed by atoms with Crippen LogP contribution < -0.4 is 5.32 Å². The standard InChI is InChI=1S/C14H24N2OS/c1-5-6-15-14(4,9-17)10-18-13-8-11(2)7-12(3)16-13/h7-8,15,17H,5-6,9-10H2,1-4H3. The summed E-state index contributed by atoms with van der Waals surface area (Å²) in [4.78, 5) is 4.51. The van der Waals surface area contributed by atoms with Gasteiger partial charge in [0.15, 0.2) is 0 Å². The molecule has 1 aromatic rings. The molecule has 0 amide bonds. The van der Waals surface area contributed by atoms with Crippen molar-refractivity contribution in [3.05, 3.63) is 23.4 Å². The molecule has 1 rings (SSSR count). The minimum Gasteiger partial charge on any atom is -0.394 e. The van der Waals surface area contributed by atoms with Crippen molar-refractivity contribution in [3.8, 4) is 0 Å². The molecule has 0 saturated heterocycles. The van der Waals surface area contributed by atoms with Gasteiger partial charge in [0.1, 0.15) is 0 Å². The van der Waals surface area contributed by atoms with Crippen LogP contribution >= 0.6 is 11.8 Å². The van der Waals surface area contributed by atoms with E-state index in [9.17, 15) is 5.11 Å². The van der Waals surface area contributed by atoms with E-state index in [1.807, 2.05) is 6.92 Å². The highest BCUT2D eigenvalue weighted by Crippen LogP contribution is 2.22. The monoisotopic (exact) mass is 268 g/mol. The Morgan fingerprint density at radius 1 is 1.39 bits per heavy atom. The molecule has 0 aliphatic rings. The third-order valence-corrected chi connectivity index (χ3v) is 4.05. The van der Waals surface area contributed by atoms with Crippen molar-refractivity contribution in [3.63, 3.8) is 0 Å². The highest BCUT2D eigenvalue weighted by molar-refractivity contribution is 7.99. The number of aliphatic hydroxyl groups excluding tert-OH is 1. The molecule has 4 heteroatoms. The van der Waals surface area contributed by atoms with Crippen molar-refractivity contribution in [1.82, 2.24) is 10.3 Å². The minimum atomic E-state index is -0.236. The van der Waals surface area contributed by atoms with Gasteiger partial charge < -0.3 is 10.4 Å². The van der Waals surface area contributed by atoms with E-state index in [4.69, 9.17) is 0 Å². The third kappa shape index (κ3) is 4.96. The number of rotatable bonds is 7. The molecule has 0 spiro atoms. The summed E-state index contributed by atoms with van der Waals surface area (Å²) in [5.41, 5.74) is 2.04. The Kier molecular flexibility index (Phi) is 6.12. The molecule has 2 N–H and O–H groups in total. The molecule has 0 fully saturated rings. The van der Waals surface area contributed by atoms with Gasteiger partial charge in [-0.05, 0) is 51.4 Å². The van der Waals surface area contributed by atoms with Crippen LogP contribution in [-0.2, 0) is 0 Å². The zero-order chi connectivity index (χ0) is 13.6. The number of aliphatic hydroxyl groups is 1. The maximum absolute atomic E-state index is 9.50. The molecular formula is C14H24N2OS. The van der Waals surface area contributed by atoms with Crippen LogP contribution in [0.4, 0.5) is 0 Å². The van der Waals surface area contributed by atoms with Crippen molar-refractivity contribution in [2.24, 2.45) is 0 Å². The van der Waals surface area contributed by atoms with E-state index < -0.39 is 0 Å². The number of pyridine rings is 1. The highest BCUT2D eigenvalue weighted by Gasteiger charge is 2.22. The maximum atomic E-state index is 9.50. The van der Waals surface area contributed by atoms with Crippen LogP contribution in [0.1, 0.15) is 31.5 Å². The summed E-state index contributed by atoms with van der Waals surface area (Å²) in [5.74, 6) is 0.819. The Balaban J connectivity index is 2.61. The first kappa shape index (κ1) is 15.5. The summed E-state index contributed by atoms with van der Waals surface area (Å²) < 4.78 is 0. The summed E-state index contributed by atoms with van der Waals surface area (Å²) >= 11 is 1.70. The van der Waals surface area contributed by atoms with Crippen LogP contribution in [0.3, 0.4) is 0 Å². The summed E-state index contributed by atoms with van der Waals surface area (Å²) in [5, 5.41) is 13.9. The van der Waals surface area contributed by atoms with Gasteiger partial charge in [-0.3, -0.25) is 0 Å². The summed E-state index contributed by atoms with van der Waals surface area (Å²) in [6.07, 6.45) is 1.07. The number of nitrogens with one attached hydrogen (secondary N) is 1. The molecule has 1 heterocycles. The van der Waals surface area contributed by atoms with Crippen LogP contribution in [0.15, 0.2) is 17.2 Å². The largest absolute Gasteiger partial charge is 0.394 e. The van der Waals surface area contributed by atoms with Gasteiger partial charge in [-0.15, -0.1) is 11.8 Å². The van der Waals surface area contributed by atoms with Gasteiger partial charge in [-0.2, -0.15) is 0 Å². The van der Waals surface area contributed by atoms with Crippen LogP contribution in [0.25, 0.3) is 0 Å². The first-order valence-electron chi connectivity index (χ1n) is 6.43. The van der Waals surface area contributed by atoms with Gasteiger partial charge in [0.25, 0.3) is 0 Å². The molecule has 18 heavy (non-hydrogen) atoms. The van der Waals surface area contributed by atoms with E-state index in [1.54, 1.807) is 11.8 Å². The normalized spacial score (nSPS) is 14.5. The smallest absolute Gasteiger partial charge is 0.0966 e. The van der Waals surface area contributed by atoms with E-state index in [1.165, 1.54) is 5.56 Å². The highest BCUT2D eigenvalue weighted by atomic mass is 32.2. The lowest BCUT2D eigenvalue weighted by Gasteiger charge is -2.28.